The average molecular weight is 291 g/mol. The predicted molar refractivity (Wildman–Crippen MR) is 79.3 cm³/mol. The Balaban J connectivity index is 2.02. The number of aliphatic carboxylic acids is 1. The minimum absolute atomic E-state index is 0.118. The van der Waals surface area contributed by atoms with Crippen LogP contribution in [0, 0.1) is 0 Å². The van der Waals surface area contributed by atoms with E-state index in [0.29, 0.717) is 6.42 Å². The number of benzene rings is 1. The summed E-state index contributed by atoms with van der Waals surface area (Å²) in [6.45, 7) is 2.79. The number of aryl methyl sites for hydroxylation is 1. The number of rotatable bonds is 7. The molecule has 4 nitrogen and oxygen atoms in total. The zero-order valence-electron chi connectivity index (χ0n) is 11.3. The van der Waals surface area contributed by atoms with Crippen LogP contribution in [0.5, 0.6) is 5.75 Å². The molecule has 2 rings (SSSR count). The van der Waals surface area contributed by atoms with Crippen LogP contribution in [0.2, 0.25) is 0 Å². The molecule has 0 spiro atoms. The second-order valence-electron chi connectivity index (χ2n) is 4.41. The highest BCUT2D eigenvalue weighted by Gasteiger charge is 2.06. The van der Waals surface area contributed by atoms with E-state index in [2.05, 4.69) is 11.9 Å². The van der Waals surface area contributed by atoms with Gasteiger partial charge in [0.15, 0.2) is 0 Å². The molecule has 0 fully saturated rings. The zero-order chi connectivity index (χ0) is 14.4. The molecule has 0 saturated heterocycles. The van der Waals surface area contributed by atoms with Crippen LogP contribution in [0.15, 0.2) is 29.6 Å². The van der Waals surface area contributed by atoms with Crippen LogP contribution in [0.3, 0.4) is 0 Å². The molecule has 1 aromatic carbocycles. The molecule has 0 bridgehead atoms. The molecule has 0 radical (unpaired) electrons. The summed E-state index contributed by atoms with van der Waals surface area (Å²) in [7, 11) is 0. The number of thiazole rings is 1. The number of carboxylic acids is 1. The smallest absolute Gasteiger partial charge is 0.303 e. The van der Waals surface area contributed by atoms with E-state index in [4.69, 9.17) is 9.84 Å². The maximum absolute atomic E-state index is 10.5. The molecule has 106 valence electrons. The fourth-order valence-electron chi connectivity index (χ4n) is 1.70. The normalized spacial score (nSPS) is 10.4. The third-order valence-electron chi connectivity index (χ3n) is 2.72. The van der Waals surface area contributed by atoms with E-state index >= 15 is 0 Å². The van der Waals surface area contributed by atoms with Gasteiger partial charge in [-0.3, -0.25) is 4.79 Å². The molecule has 0 amide bonds. The van der Waals surface area contributed by atoms with Gasteiger partial charge in [-0.05, 0) is 30.7 Å². The monoisotopic (exact) mass is 291 g/mol. The number of hydrogen-bond acceptors (Lipinski definition) is 4. The summed E-state index contributed by atoms with van der Waals surface area (Å²) in [4.78, 5) is 15.0. The van der Waals surface area contributed by atoms with Gasteiger partial charge >= 0.3 is 5.97 Å². The molecule has 0 atom stereocenters. The second-order valence-corrected chi connectivity index (χ2v) is 5.27. The van der Waals surface area contributed by atoms with Crippen molar-refractivity contribution in [2.45, 2.75) is 26.2 Å². The van der Waals surface area contributed by atoms with Gasteiger partial charge in [0.25, 0.3) is 0 Å². The standard InChI is InChI=1S/C15H17NO3S/c1-2-9-19-13-6-3-11(4-7-13)15-16-12(10-20-15)5-8-14(17)18/h3-4,6-7,10H,2,5,8-9H2,1H3,(H,17,18). The van der Waals surface area contributed by atoms with E-state index in [0.717, 1.165) is 35.0 Å². The van der Waals surface area contributed by atoms with Gasteiger partial charge in [0, 0.05) is 17.4 Å². The van der Waals surface area contributed by atoms with Crippen LogP contribution >= 0.6 is 11.3 Å². The number of nitrogens with zero attached hydrogens (tertiary/aromatic N) is 1. The fraction of sp³-hybridized carbons (Fsp3) is 0.333. The Bertz CT molecular complexity index is 563. The van der Waals surface area contributed by atoms with E-state index in [-0.39, 0.29) is 6.42 Å². The lowest BCUT2D eigenvalue weighted by atomic mass is 10.2. The lowest BCUT2D eigenvalue weighted by Crippen LogP contribution is -1.97. The summed E-state index contributed by atoms with van der Waals surface area (Å²) in [5, 5.41) is 11.5. The molecule has 0 unspecified atom stereocenters. The molecule has 0 aliphatic rings. The fourth-order valence-corrected chi connectivity index (χ4v) is 2.56. The number of ether oxygens (including phenoxy) is 1. The van der Waals surface area contributed by atoms with Crippen LogP contribution in [-0.4, -0.2) is 22.7 Å². The van der Waals surface area contributed by atoms with Gasteiger partial charge in [-0.15, -0.1) is 11.3 Å². The van der Waals surface area contributed by atoms with E-state index in [1.807, 2.05) is 29.6 Å². The number of aromatic nitrogens is 1. The van der Waals surface area contributed by atoms with E-state index in [1.54, 1.807) is 0 Å². The molecule has 1 N–H and O–H groups in total. The van der Waals surface area contributed by atoms with Crippen LogP contribution in [-0.2, 0) is 11.2 Å². The van der Waals surface area contributed by atoms with Crippen molar-refractivity contribution in [2.75, 3.05) is 6.61 Å². The first kappa shape index (κ1) is 14.5. The molecule has 0 aliphatic carbocycles. The predicted octanol–water partition coefficient (Wildman–Crippen LogP) is 3.62. The zero-order valence-corrected chi connectivity index (χ0v) is 12.2. The Morgan fingerprint density at radius 2 is 2.10 bits per heavy atom. The minimum Gasteiger partial charge on any atom is -0.494 e. The van der Waals surface area contributed by atoms with Crippen LogP contribution in [0.4, 0.5) is 0 Å². The maximum atomic E-state index is 10.5. The Morgan fingerprint density at radius 3 is 2.75 bits per heavy atom. The summed E-state index contributed by atoms with van der Waals surface area (Å²) in [5.74, 6) is 0.0650. The second kappa shape index (κ2) is 7.05. The molecule has 0 aliphatic heterocycles. The third-order valence-corrected chi connectivity index (χ3v) is 3.66. The molecule has 20 heavy (non-hydrogen) atoms. The van der Waals surface area contributed by atoms with Gasteiger partial charge in [0.2, 0.25) is 0 Å². The lowest BCUT2D eigenvalue weighted by Gasteiger charge is -2.04. The van der Waals surface area contributed by atoms with E-state index in [9.17, 15) is 4.79 Å². The molecular formula is C15H17NO3S. The van der Waals surface area contributed by atoms with Crippen molar-refractivity contribution >= 4 is 17.3 Å². The number of carboxylic acid groups (broad SMARTS) is 1. The molecule has 5 heteroatoms. The van der Waals surface area contributed by atoms with Crippen LogP contribution in [0.25, 0.3) is 10.6 Å². The van der Waals surface area contributed by atoms with Gasteiger partial charge in [-0.2, -0.15) is 0 Å². The molecule has 1 heterocycles. The molecular weight excluding hydrogens is 274 g/mol. The number of hydrogen-bond donors (Lipinski definition) is 1. The summed E-state index contributed by atoms with van der Waals surface area (Å²) in [5.41, 5.74) is 1.86. The summed E-state index contributed by atoms with van der Waals surface area (Å²) in [6.07, 6.45) is 1.58. The summed E-state index contributed by atoms with van der Waals surface area (Å²) in [6, 6.07) is 7.82. The van der Waals surface area contributed by atoms with Crippen molar-refractivity contribution in [1.29, 1.82) is 0 Å². The van der Waals surface area contributed by atoms with Crippen molar-refractivity contribution in [3.8, 4) is 16.3 Å². The third kappa shape index (κ3) is 4.06. The molecule has 0 saturated carbocycles. The van der Waals surface area contributed by atoms with Gasteiger partial charge in [0.05, 0.1) is 18.7 Å². The van der Waals surface area contributed by atoms with Crippen molar-refractivity contribution in [3.05, 3.63) is 35.3 Å². The largest absolute Gasteiger partial charge is 0.494 e. The summed E-state index contributed by atoms with van der Waals surface area (Å²) >= 11 is 1.53. The average Bonchev–Trinajstić information content (AvgIpc) is 2.92. The first-order valence-corrected chi connectivity index (χ1v) is 7.46. The Labute approximate surface area is 122 Å². The first-order valence-electron chi connectivity index (χ1n) is 6.58. The topological polar surface area (TPSA) is 59.4 Å². The quantitative estimate of drug-likeness (QED) is 0.846. The SMILES string of the molecule is CCCOc1ccc(-c2nc(CCC(=O)O)cs2)cc1. The molecule has 2 aromatic rings. The van der Waals surface area contributed by atoms with Crippen LogP contribution < -0.4 is 4.74 Å². The van der Waals surface area contributed by atoms with Crippen molar-refractivity contribution in [1.82, 2.24) is 4.98 Å². The Morgan fingerprint density at radius 1 is 1.35 bits per heavy atom. The van der Waals surface area contributed by atoms with Crippen molar-refractivity contribution < 1.29 is 14.6 Å². The minimum atomic E-state index is -0.794. The number of carbonyl (C=O) groups is 1. The first-order chi connectivity index (χ1) is 9.69. The highest BCUT2D eigenvalue weighted by molar-refractivity contribution is 7.13. The van der Waals surface area contributed by atoms with Gasteiger partial charge in [0.1, 0.15) is 10.8 Å². The van der Waals surface area contributed by atoms with E-state index < -0.39 is 5.97 Å². The Kier molecular flexibility index (Phi) is 5.12. The lowest BCUT2D eigenvalue weighted by molar-refractivity contribution is -0.136. The van der Waals surface area contributed by atoms with Gasteiger partial charge in [-0.25, -0.2) is 4.98 Å². The van der Waals surface area contributed by atoms with Crippen molar-refractivity contribution in [3.63, 3.8) is 0 Å². The van der Waals surface area contributed by atoms with Crippen molar-refractivity contribution in [2.24, 2.45) is 0 Å². The Hall–Kier alpha value is -1.88. The summed E-state index contributed by atoms with van der Waals surface area (Å²) < 4.78 is 5.53. The van der Waals surface area contributed by atoms with Crippen LogP contribution in [0.1, 0.15) is 25.5 Å². The highest BCUT2D eigenvalue weighted by atomic mass is 32.1. The highest BCUT2D eigenvalue weighted by Crippen LogP contribution is 2.26. The van der Waals surface area contributed by atoms with Gasteiger partial charge in [-0.1, -0.05) is 6.92 Å². The maximum Gasteiger partial charge on any atom is 0.303 e. The van der Waals surface area contributed by atoms with E-state index in [1.165, 1.54) is 11.3 Å². The van der Waals surface area contributed by atoms with Gasteiger partial charge < -0.3 is 9.84 Å². The molecule has 1 aromatic heterocycles.